The Hall–Kier alpha value is -1.35. The Kier molecular flexibility index (Phi) is 3.71. The maximum Gasteiger partial charge on any atom is 0.111 e. The Labute approximate surface area is 109 Å². The molecule has 0 aliphatic carbocycles. The zero-order valence-corrected chi connectivity index (χ0v) is 11.6. The number of nitrogens with zero attached hydrogens (tertiary/aromatic N) is 2. The van der Waals surface area contributed by atoms with Crippen molar-refractivity contribution in [3.8, 4) is 0 Å². The van der Waals surface area contributed by atoms with Gasteiger partial charge in [-0.05, 0) is 30.5 Å². The van der Waals surface area contributed by atoms with Crippen molar-refractivity contribution in [2.75, 3.05) is 6.54 Å². The van der Waals surface area contributed by atoms with E-state index < -0.39 is 0 Å². The normalized spacial score (nSPS) is 12.2. The Morgan fingerprint density at radius 1 is 1.22 bits per heavy atom. The Morgan fingerprint density at radius 3 is 2.61 bits per heavy atom. The molecule has 18 heavy (non-hydrogen) atoms. The lowest BCUT2D eigenvalue weighted by atomic mass is 9.92. The number of rotatable bonds is 4. The standard InChI is InChI=1S/C15H23N3/c1-15(2,3)9-11-18-13-7-5-4-6-12(13)17-14(18)8-10-16/h4-7H,8-11,16H2,1-3H3. The van der Waals surface area contributed by atoms with Crippen molar-refractivity contribution in [1.29, 1.82) is 0 Å². The first-order chi connectivity index (χ1) is 8.51. The zero-order chi connectivity index (χ0) is 13.2. The summed E-state index contributed by atoms with van der Waals surface area (Å²) in [5.41, 5.74) is 8.32. The summed E-state index contributed by atoms with van der Waals surface area (Å²) in [5, 5.41) is 0. The molecule has 98 valence electrons. The van der Waals surface area contributed by atoms with Crippen molar-refractivity contribution >= 4 is 11.0 Å². The summed E-state index contributed by atoms with van der Waals surface area (Å²) >= 11 is 0. The largest absolute Gasteiger partial charge is 0.330 e. The van der Waals surface area contributed by atoms with Gasteiger partial charge in [0, 0.05) is 13.0 Å². The molecule has 0 unspecified atom stereocenters. The SMILES string of the molecule is CC(C)(C)CCn1c(CCN)nc2ccccc21. The van der Waals surface area contributed by atoms with Gasteiger partial charge in [0.25, 0.3) is 0 Å². The molecular weight excluding hydrogens is 222 g/mol. The van der Waals surface area contributed by atoms with Gasteiger partial charge < -0.3 is 10.3 Å². The van der Waals surface area contributed by atoms with Crippen molar-refractivity contribution in [1.82, 2.24) is 9.55 Å². The number of imidazole rings is 1. The smallest absolute Gasteiger partial charge is 0.111 e. The summed E-state index contributed by atoms with van der Waals surface area (Å²) in [7, 11) is 0. The molecule has 0 saturated heterocycles. The predicted molar refractivity (Wildman–Crippen MR) is 76.6 cm³/mol. The van der Waals surface area contributed by atoms with Crippen LogP contribution in [0.3, 0.4) is 0 Å². The van der Waals surface area contributed by atoms with E-state index in [0.717, 1.165) is 30.7 Å². The first-order valence-electron chi connectivity index (χ1n) is 6.65. The highest BCUT2D eigenvalue weighted by molar-refractivity contribution is 5.75. The summed E-state index contributed by atoms with van der Waals surface area (Å²) in [6.45, 7) is 8.48. The van der Waals surface area contributed by atoms with E-state index in [0.29, 0.717) is 12.0 Å². The van der Waals surface area contributed by atoms with Crippen LogP contribution in [0.2, 0.25) is 0 Å². The molecule has 0 radical (unpaired) electrons. The van der Waals surface area contributed by atoms with E-state index in [2.05, 4.69) is 48.5 Å². The molecule has 1 aromatic carbocycles. The summed E-state index contributed by atoms with van der Waals surface area (Å²) in [6.07, 6.45) is 1.99. The van der Waals surface area contributed by atoms with E-state index >= 15 is 0 Å². The highest BCUT2D eigenvalue weighted by Crippen LogP contribution is 2.23. The number of benzene rings is 1. The molecule has 0 amide bonds. The van der Waals surface area contributed by atoms with Gasteiger partial charge in [0.05, 0.1) is 11.0 Å². The molecule has 0 aliphatic rings. The molecule has 0 saturated carbocycles. The van der Waals surface area contributed by atoms with Crippen LogP contribution in [0.15, 0.2) is 24.3 Å². The zero-order valence-electron chi connectivity index (χ0n) is 11.6. The minimum atomic E-state index is 0.339. The van der Waals surface area contributed by atoms with Crippen molar-refractivity contribution in [2.24, 2.45) is 11.1 Å². The van der Waals surface area contributed by atoms with Crippen LogP contribution in [-0.2, 0) is 13.0 Å². The van der Waals surface area contributed by atoms with Crippen molar-refractivity contribution in [3.63, 3.8) is 0 Å². The van der Waals surface area contributed by atoms with Crippen molar-refractivity contribution in [2.45, 2.75) is 40.2 Å². The fourth-order valence-corrected chi connectivity index (χ4v) is 2.14. The summed E-state index contributed by atoms with van der Waals surface area (Å²) in [6, 6.07) is 8.33. The molecule has 1 aromatic heterocycles. The number of aryl methyl sites for hydroxylation is 1. The number of fused-ring (bicyclic) bond motifs is 1. The molecule has 0 spiro atoms. The van der Waals surface area contributed by atoms with Crippen LogP contribution >= 0.6 is 0 Å². The van der Waals surface area contributed by atoms with Gasteiger partial charge in [-0.3, -0.25) is 0 Å². The Bertz CT molecular complexity index is 520. The second-order valence-corrected chi connectivity index (χ2v) is 6.02. The molecule has 2 N–H and O–H groups in total. The second-order valence-electron chi connectivity index (χ2n) is 6.02. The molecule has 0 bridgehead atoms. The number of aromatic nitrogens is 2. The molecule has 0 fully saturated rings. The summed E-state index contributed by atoms with van der Waals surface area (Å²) < 4.78 is 2.33. The number of nitrogens with two attached hydrogens (primary N) is 1. The van der Waals surface area contributed by atoms with Crippen LogP contribution in [0.1, 0.15) is 33.0 Å². The van der Waals surface area contributed by atoms with Crippen LogP contribution in [0.25, 0.3) is 11.0 Å². The van der Waals surface area contributed by atoms with Crippen LogP contribution in [0, 0.1) is 5.41 Å². The van der Waals surface area contributed by atoms with Gasteiger partial charge in [0.15, 0.2) is 0 Å². The molecule has 0 aliphatic heterocycles. The third kappa shape index (κ3) is 2.91. The first-order valence-corrected chi connectivity index (χ1v) is 6.65. The minimum Gasteiger partial charge on any atom is -0.330 e. The molecule has 1 heterocycles. The molecule has 3 nitrogen and oxygen atoms in total. The van der Waals surface area contributed by atoms with E-state index in [1.807, 2.05) is 6.07 Å². The van der Waals surface area contributed by atoms with Crippen molar-refractivity contribution in [3.05, 3.63) is 30.1 Å². The first kappa shape index (κ1) is 13.1. The lowest BCUT2D eigenvalue weighted by Crippen LogP contribution is -2.14. The van der Waals surface area contributed by atoms with E-state index in [-0.39, 0.29) is 0 Å². The minimum absolute atomic E-state index is 0.339. The van der Waals surface area contributed by atoms with E-state index in [1.165, 1.54) is 5.52 Å². The fourth-order valence-electron chi connectivity index (χ4n) is 2.14. The average molecular weight is 245 g/mol. The number of para-hydroxylation sites is 2. The van der Waals surface area contributed by atoms with E-state index in [9.17, 15) is 0 Å². The fraction of sp³-hybridized carbons (Fsp3) is 0.533. The molecule has 3 heteroatoms. The second kappa shape index (κ2) is 5.11. The van der Waals surface area contributed by atoms with Crippen LogP contribution in [-0.4, -0.2) is 16.1 Å². The molecule has 0 atom stereocenters. The van der Waals surface area contributed by atoms with Gasteiger partial charge in [-0.25, -0.2) is 4.98 Å². The van der Waals surface area contributed by atoms with Gasteiger partial charge in [0.1, 0.15) is 5.82 Å². The Morgan fingerprint density at radius 2 is 1.94 bits per heavy atom. The van der Waals surface area contributed by atoms with Crippen molar-refractivity contribution < 1.29 is 0 Å². The summed E-state index contributed by atoms with van der Waals surface area (Å²) in [4.78, 5) is 4.69. The van der Waals surface area contributed by atoms with Gasteiger partial charge in [-0.1, -0.05) is 32.9 Å². The predicted octanol–water partition coefficient (Wildman–Crippen LogP) is 2.97. The van der Waals surface area contributed by atoms with Crippen LogP contribution in [0.5, 0.6) is 0 Å². The van der Waals surface area contributed by atoms with Gasteiger partial charge in [0.2, 0.25) is 0 Å². The van der Waals surface area contributed by atoms with E-state index in [4.69, 9.17) is 5.73 Å². The lowest BCUT2D eigenvalue weighted by Gasteiger charge is -2.19. The maximum atomic E-state index is 5.68. The van der Waals surface area contributed by atoms with Crippen LogP contribution < -0.4 is 5.73 Å². The third-order valence-corrected chi connectivity index (χ3v) is 3.19. The number of hydrogen-bond donors (Lipinski definition) is 1. The van der Waals surface area contributed by atoms with Gasteiger partial charge in [-0.15, -0.1) is 0 Å². The van der Waals surface area contributed by atoms with Gasteiger partial charge in [-0.2, -0.15) is 0 Å². The molecule has 2 aromatic rings. The van der Waals surface area contributed by atoms with Crippen LogP contribution in [0.4, 0.5) is 0 Å². The highest BCUT2D eigenvalue weighted by Gasteiger charge is 2.14. The van der Waals surface area contributed by atoms with Gasteiger partial charge >= 0.3 is 0 Å². The third-order valence-electron chi connectivity index (χ3n) is 3.19. The maximum absolute atomic E-state index is 5.68. The number of hydrogen-bond acceptors (Lipinski definition) is 2. The quantitative estimate of drug-likeness (QED) is 0.900. The van der Waals surface area contributed by atoms with E-state index in [1.54, 1.807) is 0 Å². The average Bonchev–Trinajstić information content (AvgIpc) is 2.63. The highest BCUT2D eigenvalue weighted by atomic mass is 15.1. The lowest BCUT2D eigenvalue weighted by molar-refractivity contribution is 0.350. The summed E-state index contributed by atoms with van der Waals surface area (Å²) in [5.74, 6) is 1.11. The molecular formula is C15H23N3. The molecule has 2 rings (SSSR count). The monoisotopic (exact) mass is 245 g/mol. The topological polar surface area (TPSA) is 43.8 Å². The Balaban J connectivity index is 2.35.